The first-order valence-electron chi connectivity index (χ1n) is 20.6. The van der Waals surface area contributed by atoms with Crippen LogP contribution in [0.4, 0.5) is 11.6 Å². The van der Waals surface area contributed by atoms with Gasteiger partial charge in [-0.15, -0.1) is 0 Å². The quantitative estimate of drug-likeness (QED) is 0.132. The molecule has 0 unspecified atom stereocenters. The van der Waals surface area contributed by atoms with E-state index >= 15 is 0 Å². The van der Waals surface area contributed by atoms with Crippen molar-refractivity contribution in [1.29, 1.82) is 0 Å². The Morgan fingerprint density at radius 1 is 1.05 bits per heavy atom. The zero-order chi connectivity index (χ0) is 41.0. The lowest BCUT2D eigenvalue weighted by Crippen LogP contribution is -2.54. The van der Waals surface area contributed by atoms with Crippen molar-refractivity contribution in [2.75, 3.05) is 31.6 Å². The molecular weight excluding hydrogens is 751 g/mol. The molecule has 306 valence electrons. The highest BCUT2D eigenvalue weighted by atomic mass is 16.7. The van der Waals surface area contributed by atoms with E-state index in [1.165, 1.54) is 11.6 Å². The molecule has 0 radical (unpaired) electrons. The first-order chi connectivity index (χ1) is 28.3. The van der Waals surface area contributed by atoms with Crippen LogP contribution in [0.15, 0.2) is 74.1 Å². The number of aliphatic imine (C=N–C) groups is 1. The van der Waals surface area contributed by atoms with Crippen molar-refractivity contribution in [2.45, 2.75) is 88.7 Å². The number of nitrogens with one attached hydrogen (secondary N) is 1. The van der Waals surface area contributed by atoms with Crippen LogP contribution in [-0.2, 0) is 27.2 Å². The maximum atomic E-state index is 14.7. The van der Waals surface area contributed by atoms with E-state index in [0.717, 1.165) is 48.3 Å². The molecule has 1 saturated carbocycles. The minimum atomic E-state index is -1.12. The number of hydrogen-bond acceptors (Lipinski definition) is 14. The number of aromatic nitrogens is 2. The van der Waals surface area contributed by atoms with Gasteiger partial charge in [-0.05, 0) is 114 Å². The van der Waals surface area contributed by atoms with Crippen LogP contribution in [0, 0.1) is 24.7 Å². The van der Waals surface area contributed by atoms with Crippen molar-refractivity contribution in [3.05, 3.63) is 92.7 Å². The second-order valence-electron chi connectivity index (χ2n) is 17.7. The number of ether oxygens (including phenoxy) is 3. The number of rotatable bonds is 8. The van der Waals surface area contributed by atoms with E-state index in [4.69, 9.17) is 30.1 Å². The molecule has 2 bridgehead atoms. The molecule has 1 aliphatic carbocycles. The molecule has 3 aromatic heterocycles. The van der Waals surface area contributed by atoms with Crippen molar-refractivity contribution >= 4 is 34.8 Å². The number of epoxide rings is 1. The number of fused-ring (bicyclic) bond motifs is 6. The van der Waals surface area contributed by atoms with E-state index in [1.807, 2.05) is 63.7 Å². The number of aryl methyl sites for hydroxylation is 2. The van der Waals surface area contributed by atoms with E-state index in [0.29, 0.717) is 60.3 Å². The van der Waals surface area contributed by atoms with E-state index in [9.17, 15) is 14.7 Å². The smallest absolute Gasteiger partial charge is 0.341 e. The maximum Gasteiger partial charge on any atom is 0.341 e. The normalized spacial score (nSPS) is 28.5. The van der Waals surface area contributed by atoms with Crippen LogP contribution in [-0.4, -0.2) is 75.7 Å². The van der Waals surface area contributed by atoms with Crippen LogP contribution in [0.1, 0.15) is 68.0 Å². The predicted octanol–water partition coefficient (Wildman–Crippen LogP) is 5.30. The number of aromatic hydroxyl groups is 1. The summed E-state index contributed by atoms with van der Waals surface area (Å²) in [6.45, 7) is 7.56. The van der Waals surface area contributed by atoms with Gasteiger partial charge in [-0.3, -0.25) is 9.79 Å². The van der Waals surface area contributed by atoms with Crippen LogP contribution < -0.4 is 26.9 Å². The SMILES string of the molecule is CNC[C@@H]1C[C@@H]2CC[C@H]1[C@H]1c3c(cc4oc(C)cc(=O)c4c3O)OC(C)(C)[C@@H]1OC(=O)[C@@]21O[C@@H]1CCc1cc(N)nc(-c2cc(N)nc(CN3C=C4N=CC=C4C3)c2)c1. The summed E-state index contributed by atoms with van der Waals surface area (Å²) in [6.07, 6.45) is 8.19. The Hall–Kier alpha value is -5.73. The van der Waals surface area contributed by atoms with Crippen molar-refractivity contribution in [3.8, 4) is 22.8 Å². The molecule has 14 nitrogen and oxygen atoms in total. The number of nitrogens with zero attached hydrogens (tertiary/aromatic N) is 4. The monoisotopic (exact) mass is 799 g/mol. The van der Waals surface area contributed by atoms with Crippen molar-refractivity contribution in [3.63, 3.8) is 0 Å². The van der Waals surface area contributed by atoms with Gasteiger partial charge in [0.2, 0.25) is 0 Å². The van der Waals surface area contributed by atoms with Gasteiger partial charge in [0.05, 0.1) is 29.7 Å². The number of phenolic OH excluding ortho intramolecular Hbond substituents is 1. The third-order valence-electron chi connectivity index (χ3n) is 13.4. The average Bonchev–Trinajstić information content (AvgIpc) is 3.52. The van der Waals surface area contributed by atoms with Crippen LogP contribution >= 0.6 is 0 Å². The lowest BCUT2D eigenvalue weighted by molar-refractivity contribution is -0.172. The third kappa shape index (κ3) is 6.26. The molecule has 11 rings (SSSR count). The molecule has 9 heterocycles. The fourth-order valence-corrected chi connectivity index (χ4v) is 10.8. The highest BCUT2D eigenvalue weighted by Crippen LogP contribution is 2.61. The molecule has 6 N–H and O–H groups in total. The molecule has 0 amide bonds. The fourth-order valence-electron chi connectivity index (χ4n) is 10.8. The van der Waals surface area contributed by atoms with Gasteiger partial charge in [0.15, 0.2) is 11.0 Å². The topological polar surface area (TPSA) is 204 Å². The molecule has 1 spiro atoms. The summed E-state index contributed by atoms with van der Waals surface area (Å²) in [4.78, 5) is 43.9. The second-order valence-corrected chi connectivity index (χ2v) is 17.7. The number of hydrogen-bond donors (Lipinski definition) is 4. The molecule has 7 atom stereocenters. The lowest BCUT2D eigenvalue weighted by atomic mass is 9.61. The molecule has 4 fully saturated rings. The third-order valence-corrected chi connectivity index (χ3v) is 13.4. The number of esters is 1. The summed E-state index contributed by atoms with van der Waals surface area (Å²) in [5, 5.41) is 15.4. The summed E-state index contributed by atoms with van der Waals surface area (Å²) < 4.78 is 25.7. The second kappa shape index (κ2) is 13.7. The molecule has 4 aromatic rings. The summed E-state index contributed by atoms with van der Waals surface area (Å²) in [6, 6.07) is 10.8. The average molecular weight is 800 g/mol. The van der Waals surface area contributed by atoms with E-state index in [1.54, 1.807) is 13.0 Å². The van der Waals surface area contributed by atoms with Crippen molar-refractivity contribution < 1.29 is 28.5 Å². The van der Waals surface area contributed by atoms with Crippen LogP contribution in [0.3, 0.4) is 0 Å². The van der Waals surface area contributed by atoms with E-state index in [-0.39, 0.29) is 46.0 Å². The number of allylic oxidation sites excluding steroid dienone is 1. The minimum Gasteiger partial charge on any atom is -0.507 e. The number of benzene rings is 1. The summed E-state index contributed by atoms with van der Waals surface area (Å²) >= 11 is 0. The number of pyridine rings is 2. The summed E-state index contributed by atoms with van der Waals surface area (Å²) in [5.74, 6) is 0.719. The first kappa shape index (κ1) is 37.5. The van der Waals surface area contributed by atoms with Gasteiger partial charge in [-0.25, -0.2) is 14.8 Å². The predicted molar refractivity (Wildman–Crippen MR) is 222 cm³/mol. The maximum absolute atomic E-state index is 14.7. The molecular formula is C45H49N7O7. The van der Waals surface area contributed by atoms with Crippen molar-refractivity contribution in [1.82, 2.24) is 20.2 Å². The van der Waals surface area contributed by atoms with Gasteiger partial charge in [-0.2, -0.15) is 0 Å². The van der Waals surface area contributed by atoms with Gasteiger partial charge in [0.1, 0.15) is 51.6 Å². The Bertz CT molecular complexity index is 2580. The molecule has 1 aromatic carbocycles. The summed E-state index contributed by atoms with van der Waals surface area (Å²) in [5.41, 5.74) is 16.5. The Labute approximate surface area is 341 Å². The van der Waals surface area contributed by atoms with E-state index < -0.39 is 29.2 Å². The Morgan fingerprint density at radius 3 is 2.69 bits per heavy atom. The molecule has 7 aliphatic rings. The molecule has 14 heteroatoms. The van der Waals surface area contributed by atoms with Crippen LogP contribution in [0.5, 0.6) is 11.5 Å². The minimum absolute atomic E-state index is 0.0196. The van der Waals surface area contributed by atoms with Gasteiger partial charge in [0, 0.05) is 59.6 Å². The molecule has 3 saturated heterocycles. The largest absolute Gasteiger partial charge is 0.507 e. The zero-order valence-corrected chi connectivity index (χ0v) is 33.7. The number of nitrogens with two attached hydrogens (primary N) is 2. The number of carbonyl (C=O) groups excluding carboxylic acids is 1. The highest BCUT2D eigenvalue weighted by Gasteiger charge is 2.70. The van der Waals surface area contributed by atoms with Gasteiger partial charge < -0.3 is 45.4 Å². The fraction of sp³-hybridized carbons (Fsp3) is 0.444. The Kier molecular flexibility index (Phi) is 8.69. The van der Waals surface area contributed by atoms with Crippen LogP contribution in [0.25, 0.3) is 22.2 Å². The number of anilines is 2. The lowest BCUT2D eigenvalue weighted by Gasteiger charge is -2.48. The number of phenols is 1. The molecule has 6 aliphatic heterocycles. The van der Waals surface area contributed by atoms with Gasteiger partial charge in [0.25, 0.3) is 0 Å². The van der Waals surface area contributed by atoms with Gasteiger partial charge >= 0.3 is 5.97 Å². The molecule has 59 heavy (non-hydrogen) atoms. The Balaban J connectivity index is 0.929. The van der Waals surface area contributed by atoms with Gasteiger partial charge in [-0.1, -0.05) is 0 Å². The first-order valence-corrected chi connectivity index (χ1v) is 20.6. The highest BCUT2D eigenvalue weighted by molar-refractivity contribution is 5.88. The van der Waals surface area contributed by atoms with E-state index in [2.05, 4.69) is 25.2 Å². The Morgan fingerprint density at radius 2 is 1.88 bits per heavy atom. The standard InChI is InChI=1S/C45H49N7O7/c1-22-11-32(53)39-33(56-22)17-34-40(41(39)54)38-29-7-6-27(14-26(29)18-48-4)45(43(55)57-42(38)44(2,3)58-34)35(59-45)8-5-23-12-30(51-36(46)13-23)25-15-28(50-37(47)16-25)20-52-19-24-9-10-49-31(24)21-52/h9-13,15-17,21,26-27,29,35,38,42,48,54H,5-8,14,18-20H2,1-4H3,(H2,46,51)(H2,47,50)/t26-,27-,29+,35+,38-,42+,45+/m0/s1. The van der Waals surface area contributed by atoms with Crippen LogP contribution in [0.2, 0.25) is 0 Å². The zero-order valence-electron chi connectivity index (χ0n) is 33.7. The number of nitrogen functional groups attached to an aromatic ring is 2. The van der Waals surface area contributed by atoms with Crippen molar-refractivity contribution in [2.24, 2.45) is 22.7 Å². The number of carbonyl (C=O) groups is 1. The summed E-state index contributed by atoms with van der Waals surface area (Å²) in [7, 11) is 1.94.